The molecule has 108 valence electrons. The van der Waals surface area contributed by atoms with E-state index in [1.807, 2.05) is 12.4 Å². The minimum Gasteiger partial charge on any atom is -0.320 e. The molecule has 1 aromatic carbocycles. The van der Waals surface area contributed by atoms with Crippen LogP contribution in [0.3, 0.4) is 0 Å². The average molecular weight is 300 g/mol. The van der Waals surface area contributed by atoms with E-state index in [0.29, 0.717) is 10.6 Å². The van der Waals surface area contributed by atoms with Crippen molar-refractivity contribution < 1.29 is 13.2 Å². The van der Waals surface area contributed by atoms with E-state index in [1.165, 1.54) is 17.4 Å². The van der Waals surface area contributed by atoms with Crippen LogP contribution in [0.5, 0.6) is 0 Å². The topological polar surface area (TPSA) is 24.9 Å². The van der Waals surface area contributed by atoms with Gasteiger partial charge in [-0.3, -0.25) is 0 Å². The van der Waals surface area contributed by atoms with Crippen LogP contribution in [0.2, 0.25) is 0 Å². The maximum atomic E-state index is 12.7. The Morgan fingerprint density at radius 1 is 1.30 bits per heavy atom. The highest BCUT2D eigenvalue weighted by atomic mass is 32.1. The standard InChI is InChI=1S/C14H15F3N2S/c1-18-7-3-6-12-9-20-13(19-12)10-4-2-5-11(8-10)14(15,16)17/h2,4-5,8-9,18H,3,6-7H2,1H3. The second kappa shape index (κ2) is 6.37. The van der Waals surface area contributed by atoms with Gasteiger partial charge in [-0.25, -0.2) is 4.98 Å². The van der Waals surface area contributed by atoms with Gasteiger partial charge in [-0.05, 0) is 38.6 Å². The van der Waals surface area contributed by atoms with Crippen molar-refractivity contribution in [2.75, 3.05) is 13.6 Å². The summed E-state index contributed by atoms with van der Waals surface area (Å²) < 4.78 is 38.0. The fourth-order valence-corrected chi connectivity index (χ4v) is 2.68. The lowest BCUT2D eigenvalue weighted by atomic mass is 10.1. The zero-order valence-electron chi connectivity index (χ0n) is 11.0. The number of hydrogen-bond donors (Lipinski definition) is 1. The summed E-state index contributed by atoms with van der Waals surface area (Å²) in [5, 5.41) is 5.59. The molecule has 2 rings (SSSR count). The zero-order valence-corrected chi connectivity index (χ0v) is 11.8. The van der Waals surface area contributed by atoms with Crippen LogP contribution in [0.1, 0.15) is 17.7 Å². The molecule has 2 nitrogen and oxygen atoms in total. The van der Waals surface area contributed by atoms with Crippen LogP contribution < -0.4 is 5.32 Å². The fraction of sp³-hybridized carbons (Fsp3) is 0.357. The molecule has 0 saturated heterocycles. The molecule has 0 fully saturated rings. The summed E-state index contributed by atoms with van der Waals surface area (Å²) in [6.07, 6.45) is -2.53. The Balaban J connectivity index is 2.16. The normalized spacial score (nSPS) is 11.8. The fourth-order valence-electron chi connectivity index (χ4n) is 1.83. The van der Waals surface area contributed by atoms with Crippen molar-refractivity contribution in [1.29, 1.82) is 0 Å². The summed E-state index contributed by atoms with van der Waals surface area (Å²) in [7, 11) is 1.88. The minimum atomic E-state index is -4.32. The summed E-state index contributed by atoms with van der Waals surface area (Å²) in [5.41, 5.74) is 0.810. The Kier molecular flexibility index (Phi) is 4.77. The minimum absolute atomic E-state index is 0.518. The average Bonchev–Trinajstić information content (AvgIpc) is 2.87. The molecule has 0 amide bonds. The third-order valence-electron chi connectivity index (χ3n) is 2.85. The van der Waals surface area contributed by atoms with E-state index < -0.39 is 11.7 Å². The molecule has 1 aromatic heterocycles. The SMILES string of the molecule is CNCCCc1csc(-c2cccc(C(F)(F)F)c2)n1. The number of hydrogen-bond acceptors (Lipinski definition) is 3. The maximum Gasteiger partial charge on any atom is 0.416 e. The van der Waals surface area contributed by atoms with Crippen molar-refractivity contribution in [3.05, 3.63) is 40.9 Å². The summed E-state index contributed by atoms with van der Waals surface area (Å²) in [4.78, 5) is 4.40. The third kappa shape index (κ3) is 3.80. The molecular formula is C14H15F3N2S. The molecule has 0 aliphatic heterocycles. The number of thiazole rings is 1. The van der Waals surface area contributed by atoms with Crippen molar-refractivity contribution in [3.8, 4) is 10.6 Å². The quantitative estimate of drug-likeness (QED) is 0.845. The van der Waals surface area contributed by atoms with Gasteiger partial charge in [-0.2, -0.15) is 13.2 Å². The molecule has 0 atom stereocenters. The molecule has 0 aliphatic rings. The van der Waals surface area contributed by atoms with Gasteiger partial charge in [0.05, 0.1) is 11.3 Å². The van der Waals surface area contributed by atoms with Crippen LogP contribution in [-0.2, 0) is 12.6 Å². The molecule has 2 aromatic rings. The molecule has 0 spiro atoms. The lowest BCUT2D eigenvalue weighted by molar-refractivity contribution is -0.137. The molecule has 0 unspecified atom stereocenters. The number of nitrogens with one attached hydrogen (secondary N) is 1. The van der Waals surface area contributed by atoms with Gasteiger partial charge < -0.3 is 5.32 Å². The van der Waals surface area contributed by atoms with Crippen molar-refractivity contribution in [3.63, 3.8) is 0 Å². The van der Waals surface area contributed by atoms with Gasteiger partial charge in [0.15, 0.2) is 0 Å². The first kappa shape index (κ1) is 15.0. The smallest absolute Gasteiger partial charge is 0.320 e. The van der Waals surface area contributed by atoms with E-state index in [4.69, 9.17) is 0 Å². The summed E-state index contributed by atoms with van der Waals surface area (Å²) in [6.45, 7) is 0.899. The number of aryl methyl sites for hydroxylation is 1. The summed E-state index contributed by atoms with van der Waals surface area (Å²) >= 11 is 1.38. The van der Waals surface area contributed by atoms with Crippen LogP contribution in [0.4, 0.5) is 13.2 Å². The Hall–Kier alpha value is -1.40. The first-order valence-corrected chi connectivity index (χ1v) is 7.15. The second-order valence-electron chi connectivity index (χ2n) is 4.43. The number of halogens is 3. The van der Waals surface area contributed by atoms with E-state index in [0.717, 1.165) is 37.2 Å². The number of alkyl halides is 3. The molecule has 0 radical (unpaired) electrons. The predicted molar refractivity (Wildman–Crippen MR) is 74.8 cm³/mol. The van der Waals surface area contributed by atoms with Gasteiger partial charge in [-0.1, -0.05) is 12.1 Å². The van der Waals surface area contributed by atoms with Crippen LogP contribution in [0.25, 0.3) is 10.6 Å². The molecule has 0 saturated carbocycles. The first-order chi connectivity index (χ1) is 9.50. The number of nitrogens with zero attached hydrogens (tertiary/aromatic N) is 1. The van der Waals surface area contributed by atoms with Gasteiger partial charge in [0.2, 0.25) is 0 Å². The maximum absolute atomic E-state index is 12.7. The van der Waals surface area contributed by atoms with Crippen molar-refractivity contribution >= 4 is 11.3 Å². The van der Waals surface area contributed by atoms with Gasteiger partial charge >= 0.3 is 6.18 Å². The molecule has 6 heteroatoms. The van der Waals surface area contributed by atoms with Gasteiger partial charge in [0.1, 0.15) is 5.01 Å². The van der Waals surface area contributed by atoms with Crippen molar-refractivity contribution in [1.82, 2.24) is 10.3 Å². The highest BCUT2D eigenvalue weighted by Crippen LogP contribution is 2.33. The van der Waals surface area contributed by atoms with Crippen LogP contribution in [0, 0.1) is 0 Å². The second-order valence-corrected chi connectivity index (χ2v) is 5.29. The Labute approximate surface area is 119 Å². The molecular weight excluding hydrogens is 285 g/mol. The van der Waals surface area contributed by atoms with Crippen molar-refractivity contribution in [2.45, 2.75) is 19.0 Å². The third-order valence-corrected chi connectivity index (χ3v) is 3.79. The molecule has 1 heterocycles. The van der Waals surface area contributed by atoms with E-state index in [2.05, 4.69) is 10.3 Å². The highest BCUT2D eigenvalue weighted by Gasteiger charge is 2.30. The van der Waals surface area contributed by atoms with Gasteiger partial charge in [0.25, 0.3) is 0 Å². The molecule has 0 bridgehead atoms. The first-order valence-electron chi connectivity index (χ1n) is 6.27. The van der Waals surface area contributed by atoms with Crippen LogP contribution in [-0.4, -0.2) is 18.6 Å². The zero-order chi connectivity index (χ0) is 14.6. The lowest BCUT2D eigenvalue weighted by Crippen LogP contribution is -2.08. The Morgan fingerprint density at radius 3 is 2.80 bits per heavy atom. The van der Waals surface area contributed by atoms with E-state index in [-0.39, 0.29) is 0 Å². The highest BCUT2D eigenvalue weighted by molar-refractivity contribution is 7.13. The van der Waals surface area contributed by atoms with Crippen LogP contribution >= 0.6 is 11.3 Å². The monoisotopic (exact) mass is 300 g/mol. The molecule has 1 N–H and O–H groups in total. The largest absolute Gasteiger partial charge is 0.416 e. The summed E-state index contributed by atoms with van der Waals surface area (Å²) in [6, 6.07) is 5.30. The predicted octanol–water partition coefficient (Wildman–Crippen LogP) is 3.98. The van der Waals surface area contributed by atoms with E-state index in [1.54, 1.807) is 6.07 Å². The van der Waals surface area contributed by atoms with Gasteiger partial charge in [0, 0.05) is 10.9 Å². The molecule has 20 heavy (non-hydrogen) atoms. The molecule has 0 aliphatic carbocycles. The van der Waals surface area contributed by atoms with Gasteiger partial charge in [-0.15, -0.1) is 11.3 Å². The number of aromatic nitrogens is 1. The van der Waals surface area contributed by atoms with E-state index in [9.17, 15) is 13.2 Å². The number of rotatable bonds is 5. The summed E-state index contributed by atoms with van der Waals surface area (Å²) in [5.74, 6) is 0. The van der Waals surface area contributed by atoms with E-state index >= 15 is 0 Å². The Bertz CT molecular complexity index is 564. The number of benzene rings is 1. The Morgan fingerprint density at radius 2 is 2.10 bits per heavy atom. The van der Waals surface area contributed by atoms with Crippen molar-refractivity contribution in [2.24, 2.45) is 0 Å². The van der Waals surface area contributed by atoms with Crippen LogP contribution in [0.15, 0.2) is 29.6 Å². The lowest BCUT2D eigenvalue weighted by Gasteiger charge is -2.07.